The lowest BCUT2D eigenvalue weighted by Gasteiger charge is -2.08. The monoisotopic (exact) mass is 231 g/mol. The van der Waals surface area contributed by atoms with Gasteiger partial charge in [0.25, 0.3) is 0 Å². The van der Waals surface area contributed by atoms with Crippen LogP contribution in [0.1, 0.15) is 51.9 Å². The van der Waals surface area contributed by atoms with Gasteiger partial charge in [-0.2, -0.15) is 0 Å². The van der Waals surface area contributed by atoms with Crippen molar-refractivity contribution in [1.82, 2.24) is 0 Å². The van der Waals surface area contributed by atoms with E-state index in [4.69, 9.17) is 11.6 Å². The molecule has 0 spiro atoms. The molecule has 0 N–H and O–H groups in total. The van der Waals surface area contributed by atoms with Gasteiger partial charge in [-0.25, -0.2) is 9.79 Å². The fraction of sp³-hybridized carbons (Fsp3) is 0.818. The molecule has 0 aliphatic rings. The van der Waals surface area contributed by atoms with Gasteiger partial charge in [-0.3, -0.25) is 4.79 Å². The van der Waals surface area contributed by atoms with Crippen LogP contribution in [-0.2, 0) is 9.59 Å². The van der Waals surface area contributed by atoms with Gasteiger partial charge in [0.2, 0.25) is 11.3 Å². The van der Waals surface area contributed by atoms with Crippen LogP contribution in [0.3, 0.4) is 0 Å². The average molecular weight is 232 g/mol. The Balaban J connectivity index is 3.65. The molecular formula is C11H18ClNO2. The summed E-state index contributed by atoms with van der Waals surface area (Å²) in [5.41, 5.74) is 0. The Morgan fingerprint density at radius 1 is 1.33 bits per heavy atom. The molecule has 4 heteroatoms. The number of isocyanates is 1. The molecule has 0 aliphatic carbocycles. The van der Waals surface area contributed by atoms with Crippen molar-refractivity contribution in [2.45, 2.75) is 57.9 Å². The van der Waals surface area contributed by atoms with Gasteiger partial charge in [-0.05, 0) is 30.9 Å². The summed E-state index contributed by atoms with van der Waals surface area (Å²) in [7, 11) is 0. The van der Waals surface area contributed by atoms with Crippen LogP contribution in [0.25, 0.3) is 0 Å². The lowest BCUT2D eigenvalue weighted by atomic mass is 10.0. The molecule has 0 aromatic heterocycles. The number of carbonyl (C=O) groups excluding carboxylic acids is 2. The zero-order valence-electron chi connectivity index (χ0n) is 9.17. The van der Waals surface area contributed by atoms with Crippen molar-refractivity contribution >= 4 is 22.9 Å². The standard InChI is InChI=1S/C11H18ClNO2/c1-2-3-6-10(13-9-14)7-4-5-8-11(12)15/h10H,2-8H2,1H3. The van der Waals surface area contributed by atoms with Gasteiger partial charge in [0.1, 0.15) is 0 Å². The molecule has 0 saturated heterocycles. The Hall–Kier alpha value is -0.660. The zero-order valence-corrected chi connectivity index (χ0v) is 9.92. The number of unbranched alkanes of at least 4 members (excludes halogenated alkanes) is 2. The van der Waals surface area contributed by atoms with E-state index in [1.165, 1.54) is 0 Å². The summed E-state index contributed by atoms with van der Waals surface area (Å²) in [6.07, 6.45) is 7.64. The third-order valence-electron chi connectivity index (χ3n) is 2.29. The van der Waals surface area contributed by atoms with E-state index in [2.05, 4.69) is 11.9 Å². The van der Waals surface area contributed by atoms with E-state index in [-0.39, 0.29) is 11.3 Å². The van der Waals surface area contributed by atoms with Crippen molar-refractivity contribution in [3.63, 3.8) is 0 Å². The van der Waals surface area contributed by atoms with Crippen LogP contribution in [0.2, 0.25) is 0 Å². The Morgan fingerprint density at radius 3 is 2.53 bits per heavy atom. The minimum atomic E-state index is -0.293. The Kier molecular flexibility index (Phi) is 9.44. The molecule has 0 bridgehead atoms. The molecule has 0 aliphatic heterocycles. The SMILES string of the molecule is CCCCC(CCCCC(=O)Cl)N=C=O. The molecule has 0 radical (unpaired) electrons. The van der Waals surface area contributed by atoms with Crippen LogP contribution in [0.4, 0.5) is 0 Å². The average Bonchev–Trinajstić information content (AvgIpc) is 2.20. The second-order valence-corrected chi connectivity index (χ2v) is 4.04. The third kappa shape index (κ3) is 9.64. The number of carbonyl (C=O) groups is 1. The fourth-order valence-corrected chi connectivity index (χ4v) is 1.57. The second kappa shape index (κ2) is 9.88. The minimum absolute atomic E-state index is 0.0767. The molecule has 0 heterocycles. The summed E-state index contributed by atoms with van der Waals surface area (Å²) in [6.45, 7) is 2.11. The highest BCUT2D eigenvalue weighted by Crippen LogP contribution is 2.13. The molecule has 0 aromatic carbocycles. The smallest absolute Gasteiger partial charge is 0.235 e. The summed E-state index contributed by atoms with van der Waals surface area (Å²) < 4.78 is 0. The minimum Gasteiger partial charge on any atom is -0.281 e. The topological polar surface area (TPSA) is 46.5 Å². The number of nitrogens with zero attached hydrogens (tertiary/aromatic N) is 1. The number of aliphatic imine (C=N–C) groups is 1. The van der Waals surface area contributed by atoms with Crippen LogP contribution >= 0.6 is 11.6 Å². The first-order chi connectivity index (χ1) is 7.20. The van der Waals surface area contributed by atoms with Crippen LogP contribution in [0.15, 0.2) is 4.99 Å². The lowest BCUT2D eigenvalue weighted by molar-refractivity contribution is -0.111. The van der Waals surface area contributed by atoms with E-state index in [0.717, 1.165) is 38.5 Å². The normalized spacial score (nSPS) is 11.9. The maximum atomic E-state index is 10.5. The van der Waals surface area contributed by atoms with Crippen molar-refractivity contribution in [3.8, 4) is 0 Å². The highest BCUT2D eigenvalue weighted by atomic mass is 35.5. The van der Waals surface area contributed by atoms with Crippen molar-refractivity contribution in [2.75, 3.05) is 0 Å². The van der Waals surface area contributed by atoms with Crippen LogP contribution < -0.4 is 0 Å². The largest absolute Gasteiger partial charge is 0.281 e. The van der Waals surface area contributed by atoms with Gasteiger partial charge in [-0.15, -0.1) is 0 Å². The van der Waals surface area contributed by atoms with Gasteiger partial charge in [0.15, 0.2) is 0 Å². The van der Waals surface area contributed by atoms with Gasteiger partial charge in [-0.1, -0.05) is 26.2 Å². The molecule has 0 saturated carbocycles. The molecule has 0 fully saturated rings. The van der Waals surface area contributed by atoms with Crippen molar-refractivity contribution < 1.29 is 9.59 Å². The Labute approximate surface area is 95.9 Å². The fourth-order valence-electron chi connectivity index (χ4n) is 1.43. The number of hydrogen-bond acceptors (Lipinski definition) is 3. The molecule has 0 aromatic rings. The summed E-state index contributed by atoms with van der Waals surface area (Å²) >= 11 is 5.21. The zero-order chi connectivity index (χ0) is 11.5. The van der Waals surface area contributed by atoms with Crippen LogP contribution in [0.5, 0.6) is 0 Å². The van der Waals surface area contributed by atoms with E-state index in [1.54, 1.807) is 6.08 Å². The number of halogens is 1. The van der Waals surface area contributed by atoms with Gasteiger partial charge >= 0.3 is 0 Å². The van der Waals surface area contributed by atoms with Crippen LogP contribution in [0, 0.1) is 0 Å². The van der Waals surface area contributed by atoms with E-state index in [9.17, 15) is 9.59 Å². The maximum absolute atomic E-state index is 10.5. The van der Waals surface area contributed by atoms with E-state index in [1.807, 2.05) is 0 Å². The van der Waals surface area contributed by atoms with Gasteiger partial charge in [0.05, 0.1) is 6.04 Å². The summed E-state index contributed by atoms with van der Waals surface area (Å²) in [4.78, 5) is 24.4. The Morgan fingerprint density at radius 2 is 2.00 bits per heavy atom. The molecule has 0 amide bonds. The van der Waals surface area contributed by atoms with E-state index < -0.39 is 0 Å². The lowest BCUT2D eigenvalue weighted by Crippen LogP contribution is -2.04. The first-order valence-electron chi connectivity index (χ1n) is 5.46. The Bertz CT molecular complexity index is 225. The molecule has 86 valence electrons. The summed E-state index contributed by atoms with van der Waals surface area (Å²) in [6, 6.07) is 0.0767. The third-order valence-corrected chi connectivity index (χ3v) is 2.48. The van der Waals surface area contributed by atoms with Gasteiger partial charge in [0, 0.05) is 6.42 Å². The molecule has 0 rings (SSSR count). The first-order valence-corrected chi connectivity index (χ1v) is 5.83. The predicted octanol–water partition coefficient (Wildman–Crippen LogP) is 3.21. The van der Waals surface area contributed by atoms with E-state index >= 15 is 0 Å². The van der Waals surface area contributed by atoms with Gasteiger partial charge < -0.3 is 0 Å². The molecule has 1 unspecified atom stereocenters. The molecule has 3 nitrogen and oxygen atoms in total. The predicted molar refractivity (Wildman–Crippen MR) is 60.8 cm³/mol. The molecule has 1 atom stereocenters. The quantitative estimate of drug-likeness (QED) is 0.265. The first kappa shape index (κ1) is 14.3. The highest BCUT2D eigenvalue weighted by Gasteiger charge is 2.06. The highest BCUT2D eigenvalue weighted by molar-refractivity contribution is 6.63. The summed E-state index contributed by atoms with van der Waals surface area (Å²) in [5.74, 6) is 0. The maximum Gasteiger partial charge on any atom is 0.235 e. The molecular weight excluding hydrogens is 214 g/mol. The number of hydrogen-bond donors (Lipinski definition) is 0. The van der Waals surface area contributed by atoms with Crippen LogP contribution in [-0.4, -0.2) is 17.4 Å². The van der Waals surface area contributed by atoms with E-state index in [0.29, 0.717) is 6.42 Å². The van der Waals surface area contributed by atoms with Crippen molar-refractivity contribution in [1.29, 1.82) is 0 Å². The van der Waals surface area contributed by atoms with Crippen molar-refractivity contribution in [3.05, 3.63) is 0 Å². The molecule has 15 heavy (non-hydrogen) atoms. The number of rotatable bonds is 9. The second-order valence-electron chi connectivity index (χ2n) is 3.62. The van der Waals surface area contributed by atoms with Crippen molar-refractivity contribution in [2.24, 2.45) is 4.99 Å². The summed E-state index contributed by atoms with van der Waals surface area (Å²) in [5, 5.41) is -0.293.